The molecule has 0 amide bonds. The average Bonchev–Trinajstić information content (AvgIpc) is 2.85. The van der Waals surface area contributed by atoms with Crippen molar-refractivity contribution in [2.45, 2.75) is 41.2 Å². The monoisotopic (exact) mass is 530 g/mol. The highest BCUT2D eigenvalue weighted by molar-refractivity contribution is 8.02. The van der Waals surface area contributed by atoms with Crippen LogP contribution < -0.4 is 0 Å². The minimum absolute atomic E-state index is 0.324. The Morgan fingerprint density at radius 1 is 0.344 bits per heavy atom. The van der Waals surface area contributed by atoms with Gasteiger partial charge in [0.15, 0.2) is 0 Å². The number of rotatable bonds is 6. The molecule has 0 saturated heterocycles. The Morgan fingerprint density at radius 3 is 0.625 bits per heavy atom. The maximum atomic E-state index is 2.50. The van der Waals surface area contributed by atoms with E-state index in [0.29, 0.717) is 11.8 Å². The minimum atomic E-state index is 0.324. The van der Waals surface area contributed by atoms with Gasteiger partial charge in [0.25, 0.3) is 0 Å². The van der Waals surface area contributed by atoms with Crippen molar-refractivity contribution < 1.29 is 0 Å². The van der Waals surface area contributed by atoms with Gasteiger partial charge in [0.05, 0.1) is 0 Å². The Hall–Kier alpha value is -0.240. The molecule has 3 aromatic carbocycles. The summed E-state index contributed by atoms with van der Waals surface area (Å²) in [5.74, 6) is 0.649. The third-order valence-electron chi connectivity index (χ3n) is 6.63. The quantitative estimate of drug-likeness (QED) is 0.199. The van der Waals surface area contributed by atoms with E-state index in [0.717, 1.165) is 0 Å². The summed E-state index contributed by atoms with van der Waals surface area (Å²) < 4.78 is 0. The van der Waals surface area contributed by atoms with E-state index >= 15 is 0 Å². The van der Waals surface area contributed by atoms with Crippen LogP contribution in [0.4, 0.5) is 0 Å². The lowest BCUT2D eigenvalue weighted by Gasteiger charge is -2.43. The molecule has 0 aromatic heterocycles. The molecule has 3 aliphatic rings. The van der Waals surface area contributed by atoms with Crippen molar-refractivity contribution in [3.63, 3.8) is 0 Å². The summed E-state index contributed by atoms with van der Waals surface area (Å²) in [5.41, 5.74) is 9.11. The molecule has 3 aliphatic carbocycles. The smallest absolute Gasteiger partial charge is 0.0350 e. The highest BCUT2D eigenvalue weighted by Crippen LogP contribution is 2.59. The lowest BCUT2D eigenvalue weighted by molar-refractivity contribution is 0.730. The predicted molar refractivity (Wildman–Crippen MR) is 152 cm³/mol. The largest absolute Gasteiger partial charge is 0.128 e. The molecule has 0 fully saturated rings. The van der Waals surface area contributed by atoms with Crippen molar-refractivity contribution >= 4 is 70.6 Å². The molecular formula is C26H26S6. The molecule has 0 nitrogen and oxygen atoms in total. The summed E-state index contributed by atoms with van der Waals surface area (Å²) in [6.07, 6.45) is 13.2. The van der Waals surface area contributed by atoms with Gasteiger partial charge in [-0.1, -0.05) is 0 Å². The minimum Gasteiger partial charge on any atom is -0.128 e. The van der Waals surface area contributed by atoms with E-state index in [9.17, 15) is 0 Å². The molecule has 0 aliphatic heterocycles. The van der Waals surface area contributed by atoms with Crippen molar-refractivity contribution in [2.24, 2.45) is 0 Å². The third-order valence-corrected chi connectivity index (χ3v) is 11.7. The van der Waals surface area contributed by atoms with Crippen LogP contribution in [0.5, 0.6) is 0 Å². The zero-order chi connectivity index (χ0) is 22.6. The Kier molecular flexibility index (Phi) is 6.92. The topological polar surface area (TPSA) is 0 Å². The van der Waals surface area contributed by atoms with Gasteiger partial charge in [0.2, 0.25) is 0 Å². The Bertz CT molecular complexity index is 972. The first-order valence-electron chi connectivity index (χ1n) is 10.4. The van der Waals surface area contributed by atoms with Crippen LogP contribution in [0.3, 0.4) is 0 Å². The zero-order valence-electron chi connectivity index (χ0n) is 19.1. The molecule has 0 N–H and O–H groups in total. The van der Waals surface area contributed by atoms with Crippen LogP contribution in [-0.2, 0) is 0 Å². The standard InChI is InChI=1S/C26H26S6/c1-27-19-7-13-14(8-20(19)28-2)26-17-11-23(31-5)21(29-3)9-15(17)25(13)16-10-22(30-4)24(32-6)12-18(16)26/h7-12,25-26H,1-6H3. The van der Waals surface area contributed by atoms with Crippen LogP contribution in [0.15, 0.2) is 65.8 Å². The number of hydrogen-bond donors (Lipinski definition) is 0. The van der Waals surface area contributed by atoms with Gasteiger partial charge in [-0.3, -0.25) is 0 Å². The van der Waals surface area contributed by atoms with Gasteiger partial charge < -0.3 is 0 Å². The molecule has 32 heavy (non-hydrogen) atoms. The molecule has 6 heteroatoms. The summed E-state index contributed by atoms with van der Waals surface area (Å²) in [7, 11) is 0. The summed E-state index contributed by atoms with van der Waals surface area (Å²) in [6.45, 7) is 0. The fourth-order valence-electron chi connectivity index (χ4n) is 5.24. The number of hydrogen-bond acceptors (Lipinski definition) is 6. The maximum absolute atomic E-state index is 2.50. The average molecular weight is 531 g/mol. The van der Waals surface area contributed by atoms with Gasteiger partial charge in [0.1, 0.15) is 0 Å². The van der Waals surface area contributed by atoms with Gasteiger partial charge in [0, 0.05) is 41.2 Å². The maximum Gasteiger partial charge on any atom is 0.0350 e. The predicted octanol–water partition coefficient (Wildman–Crippen LogP) is 9.01. The van der Waals surface area contributed by atoms with E-state index in [1.165, 1.54) is 62.8 Å². The molecular weight excluding hydrogens is 505 g/mol. The van der Waals surface area contributed by atoms with Gasteiger partial charge in [-0.25, -0.2) is 0 Å². The van der Waals surface area contributed by atoms with Gasteiger partial charge in [-0.05, 0) is 107 Å². The van der Waals surface area contributed by atoms with E-state index < -0.39 is 0 Å². The number of thioether (sulfide) groups is 6. The highest BCUT2D eigenvalue weighted by atomic mass is 32.2. The van der Waals surface area contributed by atoms with E-state index in [1.807, 2.05) is 70.6 Å². The fourth-order valence-corrected chi connectivity index (χ4v) is 9.77. The van der Waals surface area contributed by atoms with Crippen LogP contribution in [0.25, 0.3) is 0 Å². The van der Waals surface area contributed by atoms with Gasteiger partial charge >= 0.3 is 0 Å². The summed E-state index contributed by atoms with van der Waals surface area (Å²) in [5, 5.41) is 0. The third kappa shape index (κ3) is 3.51. The van der Waals surface area contributed by atoms with Crippen molar-refractivity contribution in [2.75, 3.05) is 37.5 Å². The summed E-state index contributed by atoms with van der Waals surface area (Å²) in [4.78, 5) is 8.44. The molecule has 0 spiro atoms. The van der Waals surface area contributed by atoms with Crippen molar-refractivity contribution in [3.05, 3.63) is 69.8 Å². The van der Waals surface area contributed by atoms with Crippen molar-refractivity contribution in [1.29, 1.82) is 0 Å². The molecule has 166 valence electrons. The number of benzene rings is 3. The van der Waals surface area contributed by atoms with E-state index in [4.69, 9.17) is 0 Å². The van der Waals surface area contributed by atoms with Gasteiger partial charge in [-0.15, -0.1) is 70.6 Å². The van der Waals surface area contributed by atoms with E-state index in [1.54, 1.807) is 0 Å². The second-order valence-corrected chi connectivity index (χ2v) is 13.0. The molecule has 3 aromatic rings. The second kappa shape index (κ2) is 9.43. The summed E-state index contributed by atoms with van der Waals surface area (Å²) >= 11 is 11.2. The van der Waals surface area contributed by atoms with Crippen LogP contribution in [0.1, 0.15) is 45.2 Å². The lowest BCUT2D eigenvalue weighted by Crippen LogP contribution is -2.28. The first-order chi connectivity index (χ1) is 15.6. The van der Waals surface area contributed by atoms with Crippen LogP contribution in [0.2, 0.25) is 0 Å². The first-order valence-corrected chi connectivity index (χ1v) is 17.7. The highest BCUT2D eigenvalue weighted by Gasteiger charge is 2.43. The molecule has 0 saturated carbocycles. The first kappa shape index (κ1) is 23.5. The van der Waals surface area contributed by atoms with Crippen molar-refractivity contribution in [1.82, 2.24) is 0 Å². The van der Waals surface area contributed by atoms with Crippen LogP contribution in [-0.4, -0.2) is 37.5 Å². The zero-order valence-corrected chi connectivity index (χ0v) is 24.0. The fraction of sp³-hybridized carbons (Fsp3) is 0.308. The molecule has 0 heterocycles. The second-order valence-electron chi connectivity index (χ2n) is 7.87. The van der Waals surface area contributed by atoms with Gasteiger partial charge in [-0.2, -0.15) is 0 Å². The SMILES string of the molecule is CSc1cc2c(cc1SC)C1c3cc(SC)c(SC)cc3C2c2cc(SC)c(SC)cc21. The normalized spacial score (nSPS) is 17.8. The van der Waals surface area contributed by atoms with Crippen LogP contribution >= 0.6 is 70.6 Å². The van der Waals surface area contributed by atoms with Crippen LogP contribution in [0, 0.1) is 0 Å². The van der Waals surface area contributed by atoms with E-state index in [2.05, 4.69) is 73.9 Å². The van der Waals surface area contributed by atoms with Crippen molar-refractivity contribution in [3.8, 4) is 0 Å². The Labute approximate surface area is 217 Å². The summed E-state index contributed by atoms with van der Waals surface area (Å²) in [6, 6.07) is 15.0. The van der Waals surface area contributed by atoms with E-state index in [-0.39, 0.29) is 0 Å². The molecule has 2 bridgehead atoms. The molecule has 0 unspecified atom stereocenters. The lowest BCUT2D eigenvalue weighted by atomic mass is 9.61. The Morgan fingerprint density at radius 2 is 0.500 bits per heavy atom. The molecule has 0 atom stereocenters. The molecule has 0 radical (unpaired) electrons. The Balaban J connectivity index is 1.85. The molecule has 6 rings (SSSR count).